The summed E-state index contributed by atoms with van der Waals surface area (Å²) in [6, 6.07) is 6.98. The molecule has 1 atom stereocenters. The van der Waals surface area contributed by atoms with E-state index >= 15 is 0 Å². The highest BCUT2D eigenvalue weighted by atomic mass is 16.3. The van der Waals surface area contributed by atoms with Crippen molar-refractivity contribution in [1.82, 2.24) is 15.0 Å². The fourth-order valence-corrected chi connectivity index (χ4v) is 3.98. The predicted octanol–water partition coefficient (Wildman–Crippen LogP) is 2.60. The summed E-state index contributed by atoms with van der Waals surface area (Å²) in [5.74, 6) is 2.13. The van der Waals surface area contributed by atoms with E-state index in [0.717, 1.165) is 44.0 Å². The highest BCUT2D eigenvalue weighted by Gasteiger charge is 2.35. The number of anilines is 2. The lowest BCUT2D eigenvalue weighted by molar-refractivity contribution is 0.0263. The molecule has 0 aromatic carbocycles. The maximum atomic E-state index is 13.0. The summed E-state index contributed by atoms with van der Waals surface area (Å²) in [5.41, 5.74) is 6.38. The fourth-order valence-electron chi connectivity index (χ4n) is 3.98. The lowest BCUT2D eigenvalue weighted by Gasteiger charge is -2.26. The van der Waals surface area contributed by atoms with Gasteiger partial charge in [0.2, 0.25) is 0 Å². The third-order valence-corrected chi connectivity index (χ3v) is 6.15. The van der Waals surface area contributed by atoms with Crippen molar-refractivity contribution in [3.05, 3.63) is 47.7 Å². The standard InChI is InChI=1S/C24H31N7O2/c1-24(2,33)17-9-10-31(14-17)21-11-20(28-22(30-21)15-7-8-15)29-23(32)19-6-4-5-18(27-19)16(12-25)13-26-3/h4-6,11-13,15,17,33H,7-10,14,25H2,1-3H3,(H,28,29,30,32)/b16-12+,26-13?. The Bertz CT molecular complexity index is 1090. The number of nitrogens with one attached hydrogen (secondary N) is 1. The molecule has 1 unspecified atom stereocenters. The molecule has 4 rings (SSSR count). The number of rotatable bonds is 7. The van der Waals surface area contributed by atoms with Crippen molar-refractivity contribution in [2.24, 2.45) is 16.6 Å². The van der Waals surface area contributed by atoms with E-state index in [9.17, 15) is 9.90 Å². The maximum absolute atomic E-state index is 13.0. The molecule has 1 saturated heterocycles. The second kappa shape index (κ2) is 9.27. The number of allylic oxidation sites excluding steroid dienone is 1. The van der Waals surface area contributed by atoms with Crippen LogP contribution in [-0.4, -0.2) is 57.9 Å². The van der Waals surface area contributed by atoms with E-state index in [-0.39, 0.29) is 17.5 Å². The molecular formula is C24H31N7O2. The van der Waals surface area contributed by atoms with Gasteiger partial charge in [-0.05, 0) is 45.2 Å². The van der Waals surface area contributed by atoms with Crippen LogP contribution in [0.1, 0.15) is 61.0 Å². The number of aliphatic imine (C=N–C) groups is 1. The zero-order valence-corrected chi connectivity index (χ0v) is 19.3. The molecule has 1 aliphatic heterocycles. The SMILES string of the molecule is CN=C/C(=C\N)c1cccc(C(=O)Nc2cc(N3CCC(C(C)(C)O)C3)nc(C3CC3)n2)n1. The van der Waals surface area contributed by atoms with Crippen LogP contribution in [0, 0.1) is 5.92 Å². The van der Waals surface area contributed by atoms with Gasteiger partial charge in [-0.1, -0.05) is 6.07 Å². The lowest BCUT2D eigenvalue weighted by atomic mass is 9.90. The summed E-state index contributed by atoms with van der Waals surface area (Å²) in [5, 5.41) is 13.3. The number of carbonyl (C=O) groups is 1. The molecule has 0 radical (unpaired) electrons. The largest absolute Gasteiger partial charge is 0.404 e. The molecule has 2 aromatic rings. The molecule has 1 aliphatic carbocycles. The zero-order valence-electron chi connectivity index (χ0n) is 19.3. The normalized spacial score (nSPS) is 19.3. The van der Waals surface area contributed by atoms with E-state index in [2.05, 4.69) is 25.2 Å². The van der Waals surface area contributed by atoms with Crippen LogP contribution in [0.25, 0.3) is 5.57 Å². The van der Waals surface area contributed by atoms with E-state index in [1.807, 2.05) is 13.8 Å². The topological polar surface area (TPSA) is 130 Å². The third-order valence-electron chi connectivity index (χ3n) is 6.15. The Morgan fingerprint density at radius 2 is 2.00 bits per heavy atom. The number of nitrogens with zero attached hydrogens (tertiary/aromatic N) is 5. The van der Waals surface area contributed by atoms with Crippen LogP contribution in [0.15, 0.2) is 35.5 Å². The Morgan fingerprint density at radius 1 is 1.24 bits per heavy atom. The molecule has 9 heteroatoms. The summed E-state index contributed by atoms with van der Waals surface area (Å²) in [6.07, 6.45) is 6.01. The van der Waals surface area contributed by atoms with Gasteiger partial charge in [0.15, 0.2) is 0 Å². The van der Waals surface area contributed by atoms with E-state index in [1.54, 1.807) is 37.5 Å². The molecule has 9 nitrogen and oxygen atoms in total. The number of pyridine rings is 1. The van der Waals surface area contributed by atoms with Crippen LogP contribution in [-0.2, 0) is 0 Å². The summed E-state index contributed by atoms with van der Waals surface area (Å²) in [7, 11) is 1.65. The molecule has 0 bridgehead atoms. The molecule has 0 spiro atoms. The first kappa shape index (κ1) is 22.8. The minimum atomic E-state index is -0.742. The number of aromatic nitrogens is 3. The second-order valence-corrected chi connectivity index (χ2v) is 9.20. The first-order chi connectivity index (χ1) is 15.8. The van der Waals surface area contributed by atoms with Crippen molar-refractivity contribution < 1.29 is 9.90 Å². The van der Waals surface area contributed by atoms with Gasteiger partial charge in [0.25, 0.3) is 5.91 Å². The average molecular weight is 450 g/mol. The van der Waals surface area contributed by atoms with Gasteiger partial charge in [0.1, 0.15) is 23.2 Å². The quantitative estimate of drug-likeness (QED) is 0.554. The van der Waals surface area contributed by atoms with Crippen LogP contribution in [0.3, 0.4) is 0 Å². The average Bonchev–Trinajstić information content (AvgIpc) is 3.52. The summed E-state index contributed by atoms with van der Waals surface area (Å²) >= 11 is 0. The first-order valence-corrected chi connectivity index (χ1v) is 11.3. The lowest BCUT2D eigenvalue weighted by Crippen LogP contribution is -2.33. The maximum Gasteiger partial charge on any atom is 0.275 e. The Labute approximate surface area is 193 Å². The monoisotopic (exact) mass is 449 g/mol. The van der Waals surface area contributed by atoms with Crippen LogP contribution in [0.4, 0.5) is 11.6 Å². The summed E-state index contributed by atoms with van der Waals surface area (Å²) in [6.45, 7) is 5.22. The number of nitrogens with two attached hydrogens (primary N) is 1. The molecule has 2 aromatic heterocycles. The van der Waals surface area contributed by atoms with Gasteiger partial charge in [-0.25, -0.2) is 15.0 Å². The summed E-state index contributed by atoms with van der Waals surface area (Å²) < 4.78 is 0. The van der Waals surface area contributed by atoms with Crippen molar-refractivity contribution in [2.45, 2.75) is 44.6 Å². The highest BCUT2D eigenvalue weighted by Crippen LogP contribution is 2.40. The van der Waals surface area contributed by atoms with Crippen molar-refractivity contribution in [3.63, 3.8) is 0 Å². The van der Waals surface area contributed by atoms with Crippen LogP contribution >= 0.6 is 0 Å². The number of carbonyl (C=O) groups excluding carboxylic acids is 1. The number of hydrogen-bond donors (Lipinski definition) is 3. The summed E-state index contributed by atoms with van der Waals surface area (Å²) in [4.78, 5) is 32.9. The first-order valence-electron chi connectivity index (χ1n) is 11.3. The molecule has 1 amide bonds. The van der Waals surface area contributed by atoms with Crippen LogP contribution in [0.2, 0.25) is 0 Å². The van der Waals surface area contributed by atoms with E-state index in [4.69, 9.17) is 10.7 Å². The minimum Gasteiger partial charge on any atom is -0.404 e. The Balaban J connectivity index is 1.57. The van der Waals surface area contributed by atoms with Crippen molar-refractivity contribution in [3.8, 4) is 0 Å². The van der Waals surface area contributed by atoms with Crippen molar-refractivity contribution >= 4 is 29.3 Å². The van der Waals surface area contributed by atoms with Crippen LogP contribution < -0.4 is 16.0 Å². The number of amides is 1. The molecule has 4 N–H and O–H groups in total. The Morgan fingerprint density at radius 3 is 2.64 bits per heavy atom. The van der Waals surface area contributed by atoms with Crippen LogP contribution in [0.5, 0.6) is 0 Å². The molecule has 174 valence electrons. The van der Waals surface area contributed by atoms with Gasteiger partial charge in [0.05, 0.1) is 11.3 Å². The number of aliphatic hydroxyl groups is 1. The molecule has 2 fully saturated rings. The third kappa shape index (κ3) is 5.36. The second-order valence-electron chi connectivity index (χ2n) is 9.20. The molecule has 1 saturated carbocycles. The smallest absolute Gasteiger partial charge is 0.275 e. The molecule has 33 heavy (non-hydrogen) atoms. The molecule has 3 heterocycles. The van der Waals surface area contributed by atoms with Gasteiger partial charge in [-0.3, -0.25) is 9.79 Å². The minimum absolute atomic E-state index is 0.165. The molecular weight excluding hydrogens is 418 g/mol. The Hall–Kier alpha value is -3.33. The van der Waals surface area contributed by atoms with Gasteiger partial charge in [0, 0.05) is 56.0 Å². The van der Waals surface area contributed by atoms with E-state index in [1.165, 1.54) is 6.20 Å². The zero-order chi connectivity index (χ0) is 23.6. The van der Waals surface area contributed by atoms with Gasteiger partial charge < -0.3 is 21.1 Å². The van der Waals surface area contributed by atoms with Crippen molar-refractivity contribution in [2.75, 3.05) is 30.4 Å². The van der Waals surface area contributed by atoms with Gasteiger partial charge >= 0.3 is 0 Å². The Kier molecular flexibility index (Phi) is 6.42. The highest BCUT2D eigenvalue weighted by molar-refractivity contribution is 6.09. The van der Waals surface area contributed by atoms with Gasteiger partial charge in [-0.15, -0.1) is 0 Å². The van der Waals surface area contributed by atoms with Gasteiger partial charge in [-0.2, -0.15) is 0 Å². The van der Waals surface area contributed by atoms with E-state index in [0.29, 0.717) is 23.0 Å². The number of hydrogen-bond acceptors (Lipinski definition) is 8. The van der Waals surface area contributed by atoms with Crippen molar-refractivity contribution in [1.29, 1.82) is 0 Å². The molecule has 2 aliphatic rings. The van der Waals surface area contributed by atoms with E-state index < -0.39 is 5.60 Å². The fraction of sp³-hybridized carbons (Fsp3) is 0.458. The predicted molar refractivity (Wildman–Crippen MR) is 129 cm³/mol.